The molecule has 15 heavy (non-hydrogen) atoms. The molecule has 0 heterocycles. The largest absolute Gasteiger partial charge is 0.352 e. The molecule has 0 aliphatic carbocycles. The van der Waals surface area contributed by atoms with Crippen LogP contribution in [0.1, 0.15) is 39.0 Å². The van der Waals surface area contributed by atoms with E-state index in [2.05, 4.69) is 12.2 Å². The van der Waals surface area contributed by atoms with Crippen LogP contribution in [0.15, 0.2) is 0 Å². The Hall–Kier alpha value is -0.780. The molecule has 1 atom stereocenters. The molecular weight excluding hydrogens is 216 g/mol. The topological polar surface area (TPSA) is 89.3 Å². The Kier molecular flexibility index (Phi) is 6.31. The van der Waals surface area contributed by atoms with Gasteiger partial charge >= 0.3 is 6.03 Å². The fraction of sp³-hybridized carbons (Fsp3) is 0.889. The number of nitrogens with two attached hydrogens (primary N) is 1. The molecule has 0 radical (unpaired) electrons. The van der Waals surface area contributed by atoms with Gasteiger partial charge in [0.15, 0.2) is 9.84 Å². The predicted octanol–water partition coefficient (Wildman–Crippen LogP) is 0.996. The van der Waals surface area contributed by atoms with E-state index in [0.717, 1.165) is 31.9 Å². The minimum Gasteiger partial charge on any atom is -0.352 e. The Labute approximate surface area is 91.3 Å². The summed E-state index contributed by atoms with van der Waals surface area (Å²) in [4.78, 5) is 10.6. The first-order valence-electron chi connectivity index (χ1n) is 5.12. The Morgan fingerprint density at radius 1 is 1.33 bits per heavy atom. The van der Waals surface area contributed by atoms with Crippen molar-refractivity contribution >= 4 is 15.9 Å². The highest BCUT2D eigenvalue weighted by Gasteiger charge is 2.20. The third kappa shape index (κ3) is 7.18. The van der Waals surface area contributed by atoms with Gasteiger partial charge in [-0.2, -0.15) is 0 Å². The lowest BCUT2D eigenvalue weighted by atomic mass is 10.1. The number of urea groups is 1. The average Bonchev–Trinajstić information content (AvgIpc) is 2.08. The van der Waals surface area contributed by atoms with Gasteiger partial charge in [-0.3, -0.25) is 0 Å². The second-order valence-electron chi connectivity index (χ2n) is 3.68. The van der Waals surface area contributed by atoms with Crippen LogP contribution < -0.4 is 11.1 Å². The van der Waals surface area contributed by atoms with E-state index >= 15 is 0 Å². The van der Waals surface area contributed by atoms with Crippen LogP contribution >= 0.6 is 0 Å². The Morgan fingerprint density at radius 2 is 1.93 bits per heavy atom. The first-order valence-corrected chi connectivity index (χ1v) is 7.08. The smallest absolute Gasteiger partial charge is 0.313 e. The number of carbonyl (C=O) groups excluding carboxylic acids is 1. The standard InChI is InChI=1S/C9H20N2O3S/c1-3-4-5-6-7-8(11-9(10)12)15(2,13)14/h8H,3-7H2,1-2H3,(H3,10,11,12). The van der Waals surface area contributed by atoms with E-state index in [9.17, 15) is 13.2 Å². The van der Waals surface area contributed by atoms with Crippen LogP contribution in [0.25, 0.3) is 0 Å². The highest BCUT2D eigenvalue weighted by molar-refractivity contribution is 7.91. The van der Waals surface area contributed by atoms with Gasteiger partial charge in [-0.05, 0) is 6.42 Å². The molecule has 2 amide bonds. The summed E-state index contributed by atoms with van der Waals surface area (Å²) < 4.78 is 22.5. The summed E-state index contributed by atoms with van der Waals surface area (Å²) in [5.41, 5.74) is 4.91. The van der Waals surface area contributed by atoms with Crippen LogP contribution in [0.3, 0.4) is 0 Å². The molecular formula is C9H20N2O3S. The Balaban J connectivity index is 4.09. The van der Waals surface area contributed by atoms with Crippen LogP contribution in [-0.4, -0.2) is 26.1 Å². The number of rotatable bonds is 7. The van der Waals surface area contributed by atoms with Crippen molar-refractivity contribution in [1.29, 1.82) is 0 Å². The minimum absolute atomic E-state index is 0.432. The van der Waals surface area contributed by atoms with Crippen LogP contribution in [-0.2, 0) is 9.84 Å². The number of amides is 2. The molecule has 6 heteroatoms. The van der Waals surface area contributed by atoms with E-state index < -0.39 is 21.2 Å². The number of hydrogen-bond acceptors (Lipinski definition) is 3. The van der Waals surface area contributed by atoms with Crippen molar-refractivity contribution in [3.8, 4) is 0 Å². The summed E-state index contributed by atoms with van der Waals surface area (Å²) in [6, 6.07) is -0.791. The normalized spacial score (nSPS) is 13.5. The molecule has 0 aliphatic rings. The molecule has 0 saturated heterocycles. The second-order valence-corrected chi connectivity index (χ2v) is 5.90. The SMILES string of the molecule is CCCCCCC(NC(N)=O)S(C)(=O)=O. The number of unbranched alkanes of at least 4 members (excludes halogenated alkanes) is 3. The molecule has 0 fully saturated rings. The number of hydrogen-bond donors (Lipinski definition) is 2. The molecule has 1 unspecified atom stereocenters. The van der Waals surface area contributed by atoms with E-state index in [0.29, 0.717) is 6.42 Å². The third-order valence-corrected chi connectivity index (χ3v) is 3.53. The maximum absolute atomic E-state index is 11.3. The number of carbonyl (C=O) groups is 1. The van der Waals surface area contributed by atoms with Gasteiger partial charge in [0.1, 0.15) is 5.37 Å². The molecule has 0 aliphatic heterocycles. The van der Waals surface area contributed by atoms with Crippen LogP contribution in [0.5, 0.6) is 0 Å². The van der Waals surface area contributed by atoms with Crippen molar-refractivity contribution in [2.75, 3.05) is 6.26 Å². The van der Waals surface area contributed by atoms with Gasteiger partial charge in [-0.1, -0.05) is 32.6 Å². The number of primary amides is 1. The second kappa shape index (κ2) is 6.66. The monoisotopic (exact) mass is 236 g/mol. The number of sulfone groups is 1. The molecule has 0 spiro atoms. The fourth-order valence-electron chi connectivity index (χ4n) is 1.31. The van der Waals surface area contributed by atoms with E-state index in [4.69, 9.17) is 5.73 Å². The molecule has 0 aromatic carbocycles. The third-order valence-electron chi connectivity index (χ3n) is 2.14. The first-order chi connectivity index (χ1) is 6.88. The predicted molar refractivity (Wildman–Crippen MR) is 60.1 cm³/mol. The van der Waals surface area contributed by atoms with Crippen molar-refractivity contribution in [1.82, 2.24) is 5.32 Å². The van der Waals surface area contributed by atoms with Gasteiger partial charge in [0, 0.05) is 6.26 Å². The zero-order valence-electron chi connectivity index (χ0n) is 9.32. The average molecular weight is 236 g/mol. The summed E-state index contributed by atoms with van der Waals surface area (Å²) >= 11 is 0. The lowest BCUT2D eigenvalue weighted by Crippen LogP contribution is -2.43. The summed E-state index contributed by atoms with van der Waals surface area (Å²) in [6.45, 7) is 2.08. The van der Waals surface area contributed by atoms with Crippen LogP contribution in [0.4, 0.5) is 4.79 Å². The highest BCUT2D eigenvalue weighted by atomic mass is 32.2. The molecule has 0 bridgehead atoms. The van der Waals surface area contributed by atoms with E-state index in [1.807, 2.05) is 0 Å². The quantitative estimate of drug-likeness (QED) is 0.646. The van der Waals surface area contributed by atoms with E-state index in [1.54, 1.807) is 0 Å². The summed E-state index contributed by atoms with van der Waals surface area (Å²) in [5.74, 6) is 0. The van der Waals surface area contributed by atoms with Crippen molar-refractivity contribution in [2.24, 2.45) is 5.73 Å². The minimum atomic E-state index is -3.26. The van der Waals surface area contributed by atoms with Crippen LogP contribution in [0, 0.1) is 0 Å². The van der Waals surface area contributed by atoms with Gasteiger partial charge in [0.25, 0.3) is 0 Å². The van der Waals surface area contributed by atoms with Gasteiger partial charge in [0.2, 0.25) is 0 Å². The van der Waals surface area contributed by atoms with Crippen molar-refractivity contribution in [3.05, 3.63) is 0 Å². The first kappa shape index (κ1) is 14.2. The van der Waals surface area contributed by atoms with E-state index in [-0.39, 0.29) is 0 Å². The molecule has 5 nitrogen and oxygen atoms in total. The molecule has 0 saturated carbocycles. The van der Waals surface area contributed by atoms with Gasteiger partial charge < -0.3 is 11.1 Å². The molecule has 90 valence electrons. The lowest BCUT2D eigenvalue weighted by molar-refractivity contribution is 0.247. The lowest BCUT2D eigenvalue weighted by Gasteiger charge is -2.15. The summed E-state index contributed by atoms with van der Waals surface area (Å²) in [6.07, 6.45) is 5.46. The van der Waals surface area contributed by atoms with Crippen molar-refractivity contribution < 1.29 is 13.2 Å². The molecule has 0 aromatic rings. The zero-order valence-corrected chi connectivity index (χ0v) is 10.1. The molecule has 3 N–H and O–H groups in total. The van der Waals surface area contributed by atoms with Crippen molar-refractivity contribution in [2.45, 2.75) is 44.4 Å². The van der Waals surface area contributed by atoms with Gasteiger partial charge in [-0.25, -0.2) is 13.2 Å². The highest BCUT2D eigenvalue weighted by Crippen LogP contribution is 2.09. The number of nitrogens with one attached hydrogen (secondary N) is 1. The van der Waals surface area contributed by atoms with Crippen molar-refractivity contribution in [3.63, 3.8) is 0 Å². The fourth-order valence-corrected chi connectivity index (χ4v) is 2.23. The Morgan fingerprint density at radius 3 is 2.33 bits per heavy atom. The Bertz CT molecular complexity index is 288. The molecule has 0 aromatic heterocycles. The van der Waals surface area contributed by atoms with Gasteiger partial charge in [0.05, 0.1) is 0 Å². The summed E-state index contributed by atoms with van der Waals surface area (Å²) in [7, 11) is -3.26. The maximum atomic E-state index is 11.3. The summed E-state index contributed by atoms with van der Waals surface area (Å²) in [5, 5.41) is 1.41. The molecule has 0 rings (SSSR count). The van der Waals surface area contributed by atoms with E-state index in [1.165, 1.54) is 0 Å². The zero-order chi connectivity index (χ0) is 11.9. The van der Waals surface area contributed by atoms with Gasteiger partial charge in [-0.15, -0.1) is 0 Å². The maximum Gasteiger partial charge on any atom is 0.313 e. The van der Waals surface area contributed by atoms with Crippen LogP contribution in [0.2, 0.25) is 0 Å².